The van der Waals surface area contributed by atoms with Gasteiger partial charge in [0.1, 0.15) is 0 Å². The summed E-state index contributed by atoms with van der Waals surface area (Å²) in [6.07, 6.45) is 0.936. The number of anilines is 2. The van der Waals surface area contributed by atoms with Crippen LogP contribution in [0.5, 0.6) is 5.88 Å². The molecule has 0 radical (unpaired) electrons. The Kier molecular flexibility index (Phi) is 3.43. The van der Waals surface area contributed by atoms with Gasteiger partial charge in [-0.05, 0) is 37.1 Å². The lowest BCUT2D eigenvalue weighted by atomic mass is 10.1. The number of aromatic nitrogens is 2. The minimum Gasteiger partial charge on any atom is -0.481 e. The molecule has 0 saturated heterocycles. The van der Waals surface area contributed by atoms with Gasteiger partial charge in [-0.15, -0.1) is 0 Å². The topological polar surface area (TPSA) is 76.1 Å². The molecule has 2 N–H and O–H groups in total. The third-order valence-corrected chi connectivity index (χ3v) is 3.34. The van der Waals surface area contributed by atoms with Crippen LogP contribution in [-0.4, -0.2) is 29.5 Å². The molecule has 1 amide bonds. The maximum absolute atomic E-state index is 12.3. The van der Waals surface area contributed by atoms with Crippen LogP contribution in [0.4, 0.5) is 11.6 Å². The van der Waals surface area contributed by atoms with Crippen molar-refractivity contribution in [3.8, 4) is 5.88 Å². The summed E-state index contributed by atoms with van der Waals surface area (Å²) < 4.78 is 5.07. The molecule has 6 heteroatoms. The predicted octanol–water partition coefficient (Wildman–Crippen LogP) is 2.01. The summed E-state index contributed by atoms with van der Waals surface area (Å²) in [5.41, 5.74) is 3.59. The van der Waals surface area contributed by atoms with Crippen molar-refractivity contribution in [2.24, 2.45) is 0 Å². The van der Waals surface area contributed by atoms with Gasteiger partial charge in [0.05, 0.1) is 7.11 Å². The van der Waals surface area contributed by atoms with Gasteiger partial charge in [-0.2, -0.15) is 4.98 Å². The molecule has 2 heterocycles. The number of ether oxygens (including phenoxy) is 1. The molecule has 3 rings (SSSR count). The van der Waals surface area contributed by atoms with Gasteiger partial charge in [0.25, 0.3) is 5.91 Å². The average Bonchev–Trinajstić information content (AvgIpc) is 2.93. The highest BCUT2D eigenvalue weighted by Gasteiger charge is 2.14. The van der Waals surface area contributed by atoms with Gasteiger partial charge in [-0.3, -0.25) is 10.1 Å². The molecule has 21 heavy (non-hydrogen) atoms. The van der Waals surface area contributed by atoms with Crippen molar-refractivity contribution in [1.82, 2.24) is 9.97 Å². The lowest BCUT2D eigenvalue weighted by molar-refractivity contribution is 0.102. The fourth-order valence-corrected chi connectivity index (χ4v) is 2.32. The van der Waals surface area contributed by atoms with Gasteiger partial charge in [-0.1, -0.05) is 0 Å². The second-order valence-corrected chi connectivity index (χ2v) is 4.88. The van der Waals surface area contributed by atoms with Crippen molar-refractivity contribution >= 4 is 17.5 Å². The minimum atomic E-state index is -0.225. The maximum atomic E-state index is 12.3. The molecule has 0 aliphatic carbocycles. The molecule has 1 aliphatic rings. The van der Waals surface area contributed by atoms with Crippen LogP contribution >= 0.6 is 0 Å². The van der Waals surface area contributed by atoms with Gasteiger partial charge in [0.15, 0.2) is 0 Å². The van der Waals surface area contributed by atoms with E-state index in [0.717, 1.165) is 29.9 Å². The molecule has 1 aliphatic heterocycles. The average molecular weight is 284 g/mol. The SMILES string of the molecule is COc1cc(C)nc(NC(=O)c2ccc3c(c2)CCN3)n1. The number of amides is 1. The van der Waals surface area contributed by atoms with Crippen LogP contribution in [0.1, 0.15) is 21.6 Å². The second-order valence-electron chi connectivity index (χ2n) is 4.88. The van der Waals surface area contributed by atoms with Crippen molar-refractivity contribution in [2.75, 3.05) is 24.3 Å². The summed E-state index contributed by atoms with van der Waals surface area (Å²) in [6, 6.07) is 7.32. The Bertz CT molecular complexity index is 700. The molecule has 0 unspecified atom stereocenters. The first-order chi connectivity index (χ1) is 10.2. The number of carbonyl (C=O) groups excluding carboxylic acids is 1. The van der Waals surface area contributed by atoms with Crippen LogP contribution in [0, 0.1) is 6.92 Å². The van der Waals surface area contributed by atoms with E-state index in [1.165, 1.54) is 7.11 Å². The molecular formula is C15H16N4O2. The van der Waals surface area contributed by atoms with Crippen LogP contribution in [0.3, 0.4) is 0 Å². The van der Waals surface area contributed by atoms with Crippen molar-refractivity contribution in [3.63, 3.8) is 0 Å². The van der Waals surface area contributed by atoms with Crippen LogP contribution in [-0.2, 0) is 6.42 Å². The van der Waals surface area contributed by atoms with Crippen LogP contribution in [0.25, 0.3) is 0 Å². The van der Waals surface area contributed by atoms with Crippen LogP contribution in [0.2, 0.25) is 0 Å². The quantitative estimate of drug-likeness (QED) is 0.901. The van der Waals surface area contributed by atoms with Gasteiger partial charge >= 0.3 is 0 Å². The first kappa shape index (κ1) is 13.4. The molecule has 0 bridgehead atoms. The summed E-state index contributed by atoms with van der Waals surface area (Å²) in [5.74, 6) is 0.448. The Balaban J connectivity index is 1.81. The predicted molar refractivity (Wildman–Crippen MR) is 79.9 cm³/mol. The molecule has 0 fully saturated rings. The normalized spacial score (nSPS) is 12.5. The molecule has 2 aromatic rings. The first-order valence-corrected chi connectivity index (χ1v) is 6.73. The standard InChI is InChI=1S/C15H16N4O2/c1-9-7-13(21-2)18-15(17-9)19-14(20)11-3-4-12-10(8-11)5-6-16-12/h3-4,7-8,16H,5-6H2,1-2H3,(H,17,18,19,20). The van der Waals surface area contributed by atoms with Crippen LogP contribution in [0.15, 0.2) is 24.3 Å². The molecule has 1 aromatic heterocycles. The highest BCUT2D eigenvalue weighted by atomic mass is 16.5. The molecule has 0 spiro atoms. The molecule has 0 atom stereocenters. The van der Waals surface area contributed by atoms with E-state index in [0.29, 0.717) is 11.4 Å². The third-order valence-electron chi connectivity index (χ3n) is 3.34. The van der Waals surface area contributed by atoms with E-state index >= 15 is 0 Å². The second kappa shape index (κ2) is 5.40. The lowest BCUT2D eigenvalue weighted by Gasteiger charge is -2.07. The summed E-state index contributed by atoms with van der Waals surface area (Å²) in [7, 11) is 1.53. The molecule has 6 nitrogen and oxygen atoms in total. The smallest absolute Gasteiger partial charge is 0.258 e. The fourth-order valence-electron chi connectivity index (χ4n) is 2.32. The number of methoxy groups -OCH3 is 1. The zero-order valence-corrected chi connectivity index (χ0v) is 11.9. The molecule has 108 valence electrons. The van der Waals surface area contributed by atoms with Crippen molar-refractivity contribution in [3.05, 3.63) is 41.1 Å². The third kappa shape index (κ3) is 2.79. The first-order valence-electron chi connectivity index (χ1n) is 6.73. The molecular weight excluding hydrogens is 268 g/mol. The van der Waals surface area contributed by atoms with Gasteiger partial charge in [-0.25, -0.2) is 4.98 Å². The number of benzene rings is 1. The summed E-state index contributed by atoms with van der Waals surface area (Å²) in [5, 5.41) is 5.97. The number of hydrogen-bond donors (Lipinski definition) is 2. The Morgan fingerprint density at radius 1 is 1.33 bits per heavy atom. The molecule has 0 saturated carbocycles. The monoisotopic (exact) mass is 284 g/mol. The number of nitrogens with zero attached hydrogens (tertiary/aromatic N) is 2. The van der Waals surface area contributed by atoms with E-state index in [9.17, 15) is 4.79 Å². The van der Waals surface area contributed by atoms with E-state index in [4.69, 9.17) is 4.74 Å². The van der Waals surface area contributed by atoms with E-state index in [-0.39, 0.29) is 11.9 Å². The van der Waals surface area contributed by atoms with E-state index in [1.54, 1.807) is 12.1 Å². The van der Waals surface area contributed by atoms with Crippen molar-refractivity contribution < 1.29 is 9.53 Å². The molecule has 1 aromatic carbocycles. The Labute approximate surface area is 122 Å². The Morgan fingerprint density at radius 3 is 3.00 bits per heavy atom. The number of nitrogens with one attached hydrogen (secondary N) is 2. The fraction of sp³-hybridized carbons (Fsp3) is 0.267. The largest absolute Gasteiger partial charge is 0.481 e. The summed E-state index contributed by atoms with van der Waals surface area (Å²) in [6.45, 7) is 2.74. The van der Waals surface area contributed by atoms with E-state index in [1.807, 2.05) is 19.1 Å². The highest BCUT2D eigenvalue weighted by Crippen LogP contribution is 2.23. The number of aryl methyl sites for hydroxylation is 1. The Hall–Kier alpha value is -2.63. The maximum Gasteiger partial charge on any atom is 0.258 e. The number of carbonyl (C=O) groups is 1. The highest BCUT2D eigenvalue weighted by molar-refractivity contribution is 6.03. The van der Waals surface area contributed by atoms with Gasteiger partial charge in [0.2, 0.25) is 11.8 Å². The van der Waals surface area contributed by atoms with Gasteiger partial charge in [0, 0.05) is 29.6 Å². The zero-order chi connectivity index (χ0) is 14.8. The summed E-state index contributed by atoms with van der Waals surface area (Å²) >= 11 is 0. The lowest BCUT2D eigenvalue weighted by Crippen LogP contribution is -2.15. The van der Waals surface area contributed by atoms with E-state index in [2.05, 4.69) is 20.6 Å². The number of fused-ring (bicyclic) bond motifs is 1. The zero-order valence-electron chi connectivity index (χ0n) is 11.9. The number of rotatable bonds is 3. The summed E-state index contributed by atoms with van der Waals surface area (Å²) in [4.78, 5) is 20.6. The van der Waals surface area contributed by atoms with Crippen LogP contribution < -0.4 is 15.4 Å². The minimum absolute atomic E-state index is 0.225. The Morgan fingerprint density at radius 2 is 2.19 bits per heavy atom. The van der Waals surface area contributed by atoms with Crippen molar-refractivity contribution in [1.29, 1.82) is 0 Å². The van der Waals surface area contributed by atoms with E-state index < -0.39 is 0 Å². The van der Waals surface area contributed by atoms with Gasteiger partial charge < -0.3 is 10.1 Å². The van der Waals surface area contributed by atoms with Crippen molar-refractivity contribution in [2.45, 2.75) is 13.3 Å². The number of hydrogen-bond acceptors (Lipinski definition) is 5.